The molecule has 3 atom stereocenters. The average Bonchev–Trinajstić information content (AvgIpc) is 2.86. The number of ether oxygens (including phenoxy) is 1. The first-order valence-electron chi connectivity index (χ1n) is 7.52. The van der Waals surface area contributed by atoms with Crippen molar-refractivity contribution in [3.8, 4) is 0 Å². The van der Waals surface area contributed by atoms with E-state index in [4.69, 9.17) is 10.5 Å². The van der Waals surface area contributed by atoms with Gasteiger partial charge in [-0.15, -0.1) is 0 Å². The van der Waals surface area contributed by atoms with Crippen LogP contribution >= 0.6 is 0 Å². The molecule has 3 aliphatic rings. The van der Waals surface area contributed by atoms with Crippen molar-refractivity contribution in [1.82, 2.24) is 9.80 Å². The maximum Gasteiger partial charge on any atom is 0.0731 e. The molecule has 0 aromatic rings. The lowest BCUT2D eigenvalue weighted by atomic mass is 9.85. The third-order valence-electron chi connectivity index (χ3n) is 5.22. The molecule has 3 unspecified atom stereocenters. The predicted molar refractivity (Wildman–Crippen MR) is 72.6 cm³/mol. The van der Waals surface area contributed by atoms with Crippen LogP contribution in [0.4, 0.5) is 0 Å². The summed E-state index contributed by atoms with van der Waals surface area (Å²) >= 11 is 0. The van der Waals surface area contributed by atoms with Gasteiger partial charge >= 0.3 is 0 Å². The van der Waals surface area contributed by atoms with Crippen LogP contribution in [0.25, 0.3) is 0 Å². The van der Waals surface area contributed by atoms with E-state index in [1.54, 1.807) is 0 Å². The van der Waals surface area contributed by atoms with E-state index in [9.17, 15) is 0 Å². The molecule has 104 valence electrons. The van der Waals surface area contributed by atoms with E-state index in [-0.39, 0.29) is 5.54 Å². The monoisotopic (exact) mass is 253 g/mol. The lowest BCUT2D eigenvalue weighted by molar-refractivity contribution is -0.111. The molecule has 0 radical (unpaired) electrons. The first kappa shape index (κ1) is 12.9. The molecular weight excluding hydrogens is 226 g/mol. The minimum Gasteiger partial charge on any atom is -0.375 e. The molecule has 0 aromatic heterocycles. The number of fused-ring (bicyclic) bond motifs is 1. The molecule has 2 aliphatic heterocycles. The Hall–Kier alpha value is -0.160. The fourth-order valence-corrected chi connectivity index (χ4v) is 4.37. The van der Waals surface area contributed by atoms with E-state index in [2.05, 4.69) is 16.8 Å². The minimum atomic E-state index is 0.212. The minimum absolute atomic E-state index is 0.212. The van der Waals surface area contributed by atoms with Crippen LogP contribution in [0.1, 0.15) is 32.1 Å². The highest BCUT2D eigenvalue weighted by molar-refractivity contribution is 5.03. The smallest absolute Gasteiger partial charge is 0.0731 e. The molecule has 4 nitrogen and oxygen atoms in total. The molecule has 2 N–H and O–H groups in total. The standard InChI is InChI=1S/C14H27N3O/c1-16-7-3-6-14(10-15,11-16)17-8-9-18-13-5-2-4-12(13)17/h12-13H,2-11,15H2,1H3. The van der Waals surface area contributed by atoms with Crippen molar-refractivity contribution in [2.24, 2.45) is 5.73 Å². The van der Waals surface area contributed by atoms with E-state index in [0.29, 0.717) is 12.1 Å². The van der Waals surface area contributed by atoms with Crippen molar-refractivity contribution in [3.63, 3.8) is 0 Å². The summed E-state index contributed by atoms with van der Waals surface area (Å²) in [6, 6.07) is 0.633. The second-order valence-corrected chi connectivity index (χ2v) is 6.37. The Kier molecular flexibility index (Phi) is 3.63. The molecule has 2 heterocycles. The molecule has 0 bridgehead atoms. The Labute approximate surface area is 110 Å². The third kappa shape index (κ3) is 2.09. The Bertz CT molecular complexity index is 299. The van der Waals surface area contributed by atoms with Crippen LogP contribution < -0.4 is 5.73 Å². The normalized spacial score (nSPS) is 43.0. The molecule has 0 spiro atoms. The van der Waals surface area contributed by atoms with Gasteiger partial charge in [0.1, 0.15) is 0 Å². The zero-order valence-corrected chi connectivity index (χ0v) is 11.6. The number of piperidine rings is 1. The third-order valence-corrected chi connectivity index (χ3v) is 5.22. The Morgan fingerprint density at radius 3 is 2.94 bits per heavy atom. The van der Waals surface area contributed by atoms with Crippen molar-refractivity contribution in [2.75, 3.05) is 39.8 Å². The van der Waals surface area contributed by atoms with Gasteiger partial charge in [-0.05, 0) is 45.7 Å². The first-order chi connectivity index (χ1) is 8.75. The SMILES string of the molecule is CN1CCCC(CN)(N2CCOC3CCCC32)C1. The van der Waals surface area contributed by atoms with Crippen LogP contribution in [0.3, 0.4) is 0 Å². The van der Waals surface area contributed by atoms with Gasteiger partial charge in [-0.2, -0.15) is 0 Å². The van der Waals surface area contributed by atoms with Gasteiger partial charge in [0.25, 0.3) is 0 Å². The van der Waals surface area contributed by atoms with E-state index in [0.717, 1.165) is 26.2 Å². The lowest BCUT2D eigenvalue weighted by Crippen LogP contribution is -2.67. The molecule has 3 fully saturated rings. The number of likely N-dealkylation sites (N-methyl/N-ethyl adjacent to an activating group) is 1. The average molecular weight is 253 g/mol. The highest BCUT2D eigenvalue weighted by atomic mass is 16.5. The van der Waals surface area contributed by atoms with Crippen LogP contribution in [0, 0.1) is 0 Å². The number of nitrogens with two attached hydrogens (primary N) is 1. The summed E-state index contributed by atoms with van der Waals surface area (Å²) in [6.07, 6.45) is 6.89. The van der Waals surface area contributed by atoms with E-state index >= 15 is 0 Å². The molecular formula is C14H27N3O. The summed E-state index contributed by atoms with van der Waals surface area (Å²) in [5, 5.41) is 0. The van der Waals surface area contributed by atoms with Crippen molar-refractivity contribution in [2.45, 2.75) is 49.8 Å². The van der Waals surface area contributed by atoms with Gasteiger partial charge < -0.3 is 15.4 Å². The van der Waals surface area contributed by atoms with Gasteiger partial charge in [0.2, 0.25) is 0 Å². The lowest BCUT2D eigenvalue weighted by Gasteiger charge is -2.53. The highest BCUT2D eigenvalue weighted by Gasteiger charge is 2.47. The van der Waals surface area contributed by atoms with E-state index < -0.39 is 0 Å². The van der Waals surface area contributed by atoms with Gasteiger partial charge in [0.05, 0.1) is 12.7 Å². The van der Waals surface area contributed by atoms with Crippen LogP contribution in [0.5, 0.6) is 0 Å². The van der Waals surface area contributed by atoms with Crippen molar-refractivity contribution >= 4 is 0 Å². The topological polar surface area (TPSA) is 41.7 Å². The van der Waals surface area contributed by atoms with E-state index in [1.807, 2.05) is 0 Å². The summed E-state index contributed by atoms with van der Waals surface area (Å²) in [6.45, 7) is 5.12. The second kappa shape index (κ2) is 5.08. The van der Waals surface area contributed by atoms with Crippen molar-refractivity contribution in [1.29, 1.82) is 0 Å². The molecule has 4 heteroatoms. The fraction of sp³-hybridized carbons (Fsp3) is 1.00. The Morgan fingerprint density at radius 1 is 1.28 bits per heavy atom. The van der Waals surface area contributed by atoms with Gasteiger partial charge in [-0.3, -0.25) is 4.90 Å². The van der Waals surface area contributed by atoms with Gasteiger partial charge in [-0.25, -0.2) is 0 Å². The first-order valence-corrected chi connectivity index (χ1v) is 7.52. The molecule has 0 amide bonds. The van der Waals surface area contributed by atoms with Gasteiger partial charge in [-0.1, -0.05) is 0 Å². The Morgan fingerprint density at radius 2 is 2.17 bits per heavy atom. The number of likely N-dealkylation sites (tertiary alicyclic amines) is 1. The number of nitrogens with zero attached hydrogens (tertiary/aromatic N) is 2. The number of rotatable bonds is 2. The molecule has 3 rings (SSSR count). The molecule has 1 aliphatic carbocycles. The molecule has 0 aromatic carbocycles. The van der Waals surface area contributed by atoms with Crippen LogP contribution in [-0.4, -0.2) is 67.3 Å². The quantitative estimate of drug-likeness (QED) is 0.785. The summed E-state index contributed by atoms with van der Waals surface area (Å²) in [5.74, 6) is 0. The second-order valence-electron chi connectivity index (χ2n) is 6.37. The van der Waals surface area contributed by atoms with Crippen LogP contribution in [0.2, 0.25) is 0 Å². The van der Waals surface area contributed by atoms with Crippen molar-refractivity contribution in [3.05, 3.63) is 0 Å². The summed E-state index contributed by atoms with van der Waals surface area (Å²) in [5.41, 5.74) is 6.42. The summed E-state index contributed by atoms with van der Waals surface area (Å²) in [7, 11) is 2.23. The maximum atomic E-state index is 6.20. The number of hydrogen-bond donors (Lipinski definition) is 1. The Balaban J connectivity index is 1.81. The van der Waals surface area contributed by atoms with Crippen LogP contribution in [-0.2, 0) is 4.74 Å². The van der Waals surface area contributed by atoms with Crippen LogP contribution in [0.15, 0.2) is 0 Å². The summed E-state index contributed by atoms with van der Waals surface area (Å²) < 4.78 is 5.94. The predicted octanol–water partition coefficient (Wildman–Crippen LogP) is 0.663. The largest absolute Gasteiger partial charge is 0.375 e. The fourth-order valence-electron chi connectivity index (χ4n) is 4.37. The number of hydrogen-bond acceptors (Lipinski definition) is 4. The molecule has 2 saturated heterocycles. The zero-order chi connectivity index (χ0) is 12.6. The van der Waals surface area contributed by atoms with E-state index in [1.165, 1.54) is 38.6 Å². The number of morpholine rings is 1. The van der Waals surface area contributed by atoms with Crippen molar-refractivity contribution < 1.29 is 4.74 Å². The van der Waals surface area contributed by atoms with Gasteiger partial charge in [0.15, 0.2) is 0 Å². The zero-order valence-electron chi connectivity index (χ0n) is 11.6. The molecule has 1 saturated carbocycles. The highest BCUT2D eigenvalue weighted by Crippen LogP contribution is 2.37. The maximum absolute atomic E-state index is 6.20. The van der Waals surface area contributed by atoms with Gasteiger partial charge in [0, 0.05) is 31.2 Å². The molecule has 18 heavy (non-hydrogen) atoms. The summed E-state index contributed by atoms with van der Waals surface area (Å²) in [4.78, 5) is 5.18.